The van der Waals surface area contributed by atoms with Gasteiger partial charge in [0, 0.05) is 28.9 Å². The van der Waals surface area contributed by atoms with Crippen LogP contribution in [-0.2, 0) is 6.42 Å². The van der Waals surface area contributed by atoms with Gasteiger partial charge in [-0.05, 0) is 67.7 Å². The van der Waals surface area contributed by atoms with Gasteiger partial charge in [-0.2, -0.15) is 20.5 Å². The van der Waals surface area contributed by atoms with Crippen LogP contribution in [0.5, 0.6) is 5.75 Å². The molecule has 37 heavy (non-hydrogen) atoms. The van der Waals surface area contributed by atoms with Gasteiger partial charge in [-0.3, -0.25) is 0 Å². The third kappa shape index (κ3) is 4.53. The van der Waals surface area contributed by atoms with Crippen LogP contribution in [0, 0.1) is 11.8 Å². The van der Waals surface area contributed by atoms with Crippen molar-refractivity contribution in [3.8, 4) is 5.75 Å². The maximum absolute atomic E-state index is 9.71. The van der Waals surface area contributed by atoms with Gasteiger partial charge < -0.3 is 15.7 Å². The quantitative estimate of drug-likeness (QED) is 0.388. The molecule has 0 spiro atoms. The summed E-state index contributed by atoms with van der Waals surface area (Å²) >= 11 is 0. The van der Waals surface area contributed by atoms with Crippen molar-refractivity contribution in [1.29, 1.82) is 0 Å². The molecule has 1 heterocycles. The SMILES string of the molecule is CC1C=C2NC(C)(C)Nc3ccc(N=NC4=C5C=CC=CC5C(N=Nc5cccc(O)c5)C=C4)c(c32)C1. The zero-order valence-electron chi connectivity index (χ0n) is 21.2. The van der Waals surface area contributed by atoms with Crippen molar-refractivity contribution < 1.29 is 5.11 Å². The van der Waals surface area contributed by atoms with Gasteiger partial charge in [0.25, 0.3) is 0 Å². The van der Waals surface area contributed by atoms with Crippen molar-refractivity contribution >= 4 is 22.8 Å². The molecule has 0 fully saturated rings. The molecule has 0 saturated heterocycles. The molecule has 3 aliphatic carbocycles. The number of hydrogen-bond acceptors (Lipinski definition) is 7. The fourth-order valence-corrected chi connectivity index (χ4v) is 5.42. The number of phenolic OH excluding ortho intramolecular Hbond substituents is 1. The molecule has 0 aromatic heterocycles. The summed E-state index contributed by atoms with van der Waals surface area (Å²) in [6.45, 7) is 6.53. The first-order valence-electron chi connectivity index (χ1n) is 12.7. The Morgan fingerprint density at radius 1 is 0.973 bits per heavy atom. The molecule has 3 atom stereocenters. The lowest BCUT2D eigenvalue weighted by Gasteiger charge is -2.40. The highest BCUT2D eigenvalue weighted by Crippen LogP contribution is 2.43. The Bertz CT molecular complexity index is 1470. The molecule has 7 nitrogen and oxygen atoms in total. The highest BCUT2D eigenvalue weighted by atomic mass is 16.3. The van der Waals surface area contributed by atoms with Crippen LogP contribution in [0.2, 0.25) is 0 Å². The number of hydrogen-bond donors (Lipinski definition) is 3. The second-order valence-electron chi connectivity index (χ2n) is 10.5. The largest absolute Gasteiger partial charge is 0.508 e. The predicted molar refractivity (Wildman–Crippen MR) is 147 cm³/mol. The average molecular weight is 491 g/mol. The minimum absolute atomic E-state index is 0.0251. The number of phenols is 1. The summed E-state index contributed by atoms with van der Waals surface area (Å²) in [6.07, 6.45) is 15.5. The summed E-state index contributed by atoms with van der Waals surface area (Å²) in [5.74, 6) is 0.614. The minimum atomic E-state index is -0.208. The van der Waals surface area contributed by atoms with Gasteiger partial charge >= 0.3 is 0 Å². The maximum atomic E-state index is 9.71. The third-order valence-corrected chi connectivity index (χ3v) is 7.01. The Morgan fingerprint density at radius 2 is 1.86 bits per heavy atom. The number of allylic oxidation sites excluding steroid dienone is 5. The van der Waals surface area contributed by atoms with Crippen LogP contribution < -0.4 is 10.6 Å². The van der Waals surface area contributed by atoms with E-state index in [0.717, 1.165) is 29.1 Å². The molecule has 0 amide bonds. The zero-order chi connectivity index (χ0) is 25.6. The fourth-order valence-electron chi connectivity index (χ4n) is 5.42. The lowest BCUT2D eigenvalue weighted by Crippen LogP contribution is -2.49. The van der Waals surface area contributed by atoms with Gasteiger partial charge in [0.2, 0.25) is 0 Å². The second-order valence-corrected chi connectivity index (χ2v) is 10.5. The van der Waals surface area contributed by atoms with Crippen LogP contribution in [0.4, 0.5) is 17.1 Å². The molecule has 3 N–H and O–H groups in total. The summed E-state index contributed by atoms with van der Waals surface area (Å²) < 4.78 is 0. The summed E-state index contributed by atoms with van der Waals surface area (Å²) in [6, 6.07) is 10.8. The maximum Gasteiger partial charge on any atom is 0.117 e. The lowest BCUT2D eigenvalue weighted by molar-refractivity contribution is 0.475. The molecule has 6 rings (SSSR count). The fraction of sp³-hybridized carbons (Fsp3) is 0.267. The molecule has 0 radical (unpaired) electrons. The van der Waals surface area contributed by atoms with E-state index in [0.29, 0.717) is 11.6 Å². The van der Waals surface area contributed by atoms with Gasteiger partial charge in [-0.15, -0.1) is 0 Å². The molecule has 2 aromatic carbocycles. The van der Waals surface area contributed by atoms with E-state index in [4.69, 9.17) is 10.2 Å². The first-order chi connectivity index (χ1) is 17.9. The number of fused-ring (bicyclic) bond motifs is 1. The van der Waals surface area contributed by atoms with E-state index in [-0.39, 0.29) is 23.4 Å². The summed E-state index contributed by atoms with van der Waals surface area (Å²) in [5.41, 5.74) is 7.95. The molecular weight excluding hydrogens is 460 g/mol. The first kappa shape index (κ1) is 23.2. The Balaban J connectivity index is 1.30. The Hall–Kier alpha value is -4.26. The topological polar surface area (TPSA) is 93.7 Å². The molecule has 186 valence electrons. The number of nitrogens with one attached hydrogen (secondary N) is 2. The normalized spacial score (nSPS) is 25.1. The third-order valence-electron chi connectivity index (χ3n) is 7.01. The molecule has 1 aliphatic heterocycles. The van der Waals surface area contributed by atoms with Gasteiger partial charge in [0.1, 0.15) is 17.5 Å². The Morgan fingerprint density at radius 3 is 2.73 bits per heavy atom. The number of nitrogens with zero attached hydrogens (tertiary/aromatic N) is 4. The van der Waals surface area contributed by atoms with Crippen LogP contribution in [0.15, 0.2) is 111 Å². The number of aromatic hydroxyl groups is 1. The van der Waals surface area contributed by atoms with E-state index in [1.165, 1.54) is 16.8 Å². The van der Waals surface area contributed by atoms with E-state index in [2.05, 4.69) is 72.0 Å². The number of benzene rings is 2. The van der Waals surface area contributed by atoms with Crippen molar-refractivity contribution in [2.45, 2.75) is 38.9 Å². The molecular formula is C30H30N6O. The Kier molecular flexibility index (Phi) is 5.63. The van der Waals surface area contributed by atoms with Crippen molar-refractivity contribution in [3.63, 3.8) is 0 Å². The summed E-state index contributed by atoms with van der Waals surface area (Å²) in [4.78, 5) is 0. The highest BCUT2D eigenvalue weighted by molar-refractivity contribution is 5.85. The van der Waals surface area contributed by atoms with Crippen LogP contribution in [0.1, 0.15) is 31.9 Å². The van der Waals surface area contributed by atoms with Gasteiger partial charge in [0.05, 0.1) is 17.1 Å². The molecule has 4 aliphatic rings. The minimum Gasteiger partial charge on any atom is -0.508 e. The van der Waals surface area contributed by atoms with E-state index >= 15 is 0 Å². The van der Waals surface area contributed by atoms with Gasteiger partial charge in [0.15, 0.2) is 0 Å². The zero-order valence-corrected chi connectivity index (χ0v) is 21.2. The van der Waals surface area contributed by atoms with Crippen molar-refractivity contribution in [2.75, 3.05) is 5.32 Å². The number of anilines is 1. The number of azo groups is 2. The van der Waals surface area contributed by atoms with E-state index < -0.39 is 0 Å². The van der Waals surface area contributed by atoms with Gasteiger partial charge in [-0.1, -0.05) is 49.4 Å². The monoisotopic (exact) mass is 490 g/mol. The predicted octanol–water partition coefficient (Wildman–Crippen LogP) is 7.48. The summed E-state index contributed by atoms with van der Waals surface area (Å²) in [7, 11) is 0. The van der Waals surface area contributed by atoms with Crippen LogP contribution in [0.25, 0.3) is 5.70 Å². The summed E-state index contributed by atoms with van der Waals surface area (Å²) in [5, 5.41) is 35.3. The van der Waals surface area contributed by atoms with E-state index in [9.17, 15) is 5.11 Å². The van der Waals surface area contributed by atoms with Crippen molar-refractivity contribution in [1.82, 2.24) is 5.32 Å². The molecule has 0 bridgehead atoms. The average Bonchev–Trinajstić information content (AvgIpc) is 2.86. The van der Waals surface area contributed by atoms with E-state index in [1.54, 1.807) is 18.2 Å². The Labute approximate surface area is 216 Å². The standard InChI is InChI=1S/C30H30N6O/c1-18-15-23-26(13-14-27-29(23)28(16-18)32-30(2,3)31-27)36-35-25-12-11-24(21-9-4-5-10-22(21)25)34-33-19-7-6-8-20(37)17-19/h4-14,16-18,21,24,31-32,37H,15H2,1-3H3. The lowest BCUT2D eigenvalue weighted by atomic mass is 9.83. The van der Waals surface area contributed by atoms with Crippen LogP contribution in [-0.4, -0.2) is 16.8 Å². The van der Waals surface area contributed by atoms with Crippen LogP contribution in [0.3, 0.4) is 0 Å². The van der Waals surface area contributed by atoms with Crippen molar-refractivity contribution in [3.05, 3.63) is 101 Å². The number of rotatable bonds is 4. The highest BCUT2D eigenvalue weighted by Gasteiger charge is 2.32. The molecule has 7 heteroatoms. The van der Waals surface area contributed by atoms with Gasteiger partial charge in [-0.25, -0.2) is 0 Å². The second kappa shape index (κ2) is 9.00. The molecule has 0 saturated carbocycles. The molecule has 3 unspecified atom stereocenters. The van der Waals surface area contributed by atoms with Crippen molar-refractivity contribution in [2.24, 2.45) is 32.3 Å². The first-order valence-corrected chi connectivity index (χ1v) is 12.7. The molecule has 2 aromatic rings. The van der Waals surface area contributed by atoms with Crippen LogP contribution >= 0.6 is 0 Å². The van der Waals surface area contributed by atoms with E-state index in [1.807, 2.05) is 30.4 Å². The smallest absolute Gasteiger partial charge is 0.117 e.